The van der Waals surface area contributed by atoms with Crippen LogP contribution in [0.2, 0.25) is 0 Å². The molecule has 0 aromatic heterocycles. The maximum absolute atomic E-state index is 12.0. The Balaban J connectivity index is 1.65. The second-order valence-electron chi connectivity index (χ2n) is 10.6. The first-order chi connectivity index (χ1) is 14.0. The Morgan fingerprint density at radius 3 is 2.50 bits per heavy atom. The number of carboxylic acid groups (broad SMARTS) is 1. The molecule has 5 nitrogen and oxygen atoms in total. The van der Waals surface area contributed by atoms with Crippen molar-refractivity contribution in [2.24, 2.45) is 28.6 Å². The molecule has 0 aromatic carbocycles. The van der Waals surface area contributed by atoms with Crippen molar-refractivity contribution in [2.45, 2.75) is 89.4 Å². The van der Waals surface area contributed by atoms with Crippen molar-refractivity contribution in [1.82, 2.24) is 0 Å². The van der Waals surface area contributed by atoms with Gasteiger partial charge in [0.25, 0.3) is 0 Å². The Morgan fingerprint density at radius 1 is 1.13 bits per heavy atom. The van der Waals surface area contributed by atoms with Gasteiger partial charge in [-0.1, -0.05) is 31.2 Å². The molecule has 0 radical (unpaired) electrons. The highest BCUT2D eigenvalue weighted by molar-refractivity contribution is 8.14. The number of ketones is 1. The Labute approximate surface area is 183 Å². The third-order valence-electron chi connectivity index (χ3n) is 9.38. The van der Waals surface area contributed by atoms with Crippen LogP contribution in [0.4, 0.5) is 0 Å². The van der Waals surface area contributed by atoms with Crippen LogP contribution >= 0.6 is 11.8 Å². The number of allylic oxidation sites excluding steroid dienone is 1. The van der Waals surface area contributed by atoms with Crippen LogP contribution in [0.3, 0.4) is 0 Å². The van der Waals surface area contributed by atoms with Crippen LogP contribution < -0.4 is 0 Å². The first kappa shape index (κ1) is 22.1. The van der Waals surface area contributed by atoms with Crippen molar-refractivity contribution in [2.75, 3.05) is 0 Å². The summed E-state index contributed by atoms with van der Waals surface area (Å²) in [5, 5.41) is 20.6. The zero-order chi connectivity index (χ0) is 21.9. The molecule has 6 heteroatoms. The molecule has 4 aliphatic carbocycles. The zero-order valence-corrected chi connectivity index (χ0v) is 19.1. The molecule has 30 heavy (non-hydrogen) atoms. The van der Waals surface area contributed by atoms with Crippen LogP contribution in [0.1, 0.15) is 78.6 Å². The summed E-state index contributed by atoms with van der Waals surface area (Å²) in [5.41, 5.74) is -0.115. The van der Waals surface area contributed by atoms with Crippen LogP contribution in [0.15, 0.2) is 11.6 Å². The molecule has 2 N–H and O–H groups in total. The molecule has 4 rings (SSSR count). The van der Waals surface area contributed by atoms with E-state index >= 15 is 0 Å². The minimum Gasteiger partial charge on any atom is -0.481 e. The van der Waals surface area contributed by atoms with Crippen molar-refractivity contribution in [3.8, 4) is 0 Å². The number of carbonyl (C=O) groups excluding carboxylic acids is 2. The van der Waals surface area contributed by atoms with Gasteiger partial charge in [0.05, 0.1) is 17.3 Å². The largest absolute Gasteiger partial charge is 0.481 e. The smallest absolute Gasteiger partial charge is 0.304 e. The number of thioether (sulfide) groups is 1. The Hall–Kier alpha value is -1.14. The lowest BCUT2D eigenvalue weighted by molar-refractivity contribution is -0.145. The molecule has 166 valence electrons. The van der Waals surface area contributed by atoms with E-state index in [2.05, 4.69) is 13.8 Å². The molecule has 0 aromatic rings. The van der Waals surface area contributed by atoms with Gasteiger partial charge in [0.2, 0.25) is 0 Å². The lowest BCUT2D eigenvalue weighted by Gasteiger charge is -2.59. The quantitative estimate of drug-likeness (QED) is 0.683. The second kappa shape index (κ2) is 7.47. The van der Waals surface area contributed by atoms with Gasteiger partial charge in [-0.05, 0) is 74.2 Å². The van der Waals surface area contributed by atoms with Crippen molar-refractivity contribution >= 4 is 28.6 Å². The number of rotatable bonds is 4. The summed E-state index contributed by atoms with van der Waals surface area (Å²) in [6.45, 7) is 5.94. The van der Waals surface area contributed by atoms with Gasteiger partial charge in [-0.3, -0.25) is 14.4 Å². The number of aliphatic carboxylic acids is 1. The van der Waals surface area contributed by atoms with E-state index in [0.717, 1.165) is 50.3 Å². The summed E-state index contributed by atoms with van der Waals surface area (Å²) in [6, 6.07) is 0. The summed E-state index contributed by atoms with van der Waals surface area (Å²) in [6.07, 6.45) is 8.56. The molecule has 0 bridgehead atoms. The van der Waals surface area contributed by atoms with Gasteiger partial charge < -0.3 is 10.2 Å². The number of aliphatic hydroxyl groups is 1. The highest BCUT2D eigenvalue weighted by Gasteiger charge is 2.66. The fraction of sp³-hybridized carbons (Fsp3) is 0.792. The molecule has 0 saturated heterocycles. The predicted octanol–water partition coefficient (Wildman–Crippen LogP) is 4.37. The number of fused-ring (bicyclic) bond motifs is 5. The van der Waals surface area contributed by atoms with Gasteiger partial charge in [0.1, 0.15) is 0 Å². The summed E-state index contributed by atoms with van der Waals surface area (Å²) >= 11 is 1.01. The van der Waals surface area contributed by atoms with Crippen LogP contribution in [0, 0.1) is 28.6 Å². The first-order valence-electron chi connectivity index (χ1n) is 11.4. The number of hydrogen-bond acceptors (Lipinski definition) is 5. The molecule has 0 heterocycles. The summed E-state index contributed by atoms with van der Waals surface area (Å²) in [4.78, 5) is 35.4. The Bertz CT molecular complexity index is 789. The SMILES string of the molecule is CC(=O)SC(CC(=O)O)C1(O)CC[C@H]2[C@@H]3CCC4=CC(=O)CC[C@]4(C)[C@@H]3CC[C@@]21C. The highest BCUT2D eigenvalue weighted by Crippen LogP contribution is 2.68. The predicted molar refractivity (Wildman–Crippen MR) is 116 cm³/mol. The van der Waals surface area contributed by atoms with Crippen molar-refractivity contribution in [3.63, 3.8) is 0 Å². The average molecular weight is 435 g/mol. The van der Waals surface area contributed by atoms with E-state index in [4.69, 9.17) is 0 Å². The molecule has 7 atom stereocenters. The third kappa shape index (κ3) is 3.21. The van der Waals surface area contributed by atoms with E-state index in [9.17, 15) is 24.6 Å². The third-order valence-corrected chi connectivity index (χ3v) is 10.6. The maximum Gasteiger partial charge on any atom is 0.304 e. The van der Waals surface area contributed by atoms with Gasteiger partial charge in [-0.25, -0.2) is 0 Å². The fourth-order valence-corrected chi connectivity index (χ4v) is 9.01. The topological polar surface area (TPSA) is 91.7 Å². The number of hydrogen-bond donors (Lipinski definition) is 2. The molecular weight excluding hydrogens is 400 g/mol. The van der Waals surface area contributed by atoms with Crippen LogP contribution in [-0.2, 0) is 14.4 Å². The van der Waals surface area contributed by atoms with Crippen molar-refractivity contribution < 1.29 is 24.6 Å². The Kier molecular flexibility index (Phi) is 5.50. The molecular formula is C24H34O5S. The van der Waals surface area contributed by atoms with Crippen LogP contribution in [-0.4, -0.2) is 37.9 Å². The number of carboxylic acids is 1. The highest BCUT2D eigenvalue weighted by atomic mass is 32.2. The normalized spacial score (nSPS) is 43.8. The molecule has 0 amide bonds. The summed E-state index contributed by atoms with van der Waals surface area (Å²) in [5.74, 6) is 0.635. The molecule has 0 aliphatic heterocycles. The van der Waals surface area contributed by atoms with Gasteiger partial charge >= 0.3 is 5.97 Å². The second-order valence-corrected chi connectivity index (χ2v) is 12.0. The van der Waals surface area contributed by atoms with Crippen molar-refractivity contribution in [1.29, 1.82) is 0 Å². The van der Waals surface area contributed by atoms with Crippen LogP contribution in [0.5, 0.6) is 0 Å². The van der Waals surface area contributed by atoms with E-state index in [1.54, 1.807) is 0 Å². The first-order valence-corrected chi connectivity index (χ1v) is 12.2. The minimum absolute atomic E-state index is 0.0768. The van der Waals surface area contributed by atoms with Crippen molar-refractivity contribution in [3.05, 3.63) is 11.6 Å². The minimum atomic E-state index is -1.14. The number of carbonyl (C=O) groups is 3. The molecule has 3 fully saturated rings. The fourth-order valence-electron chi connectivity index (χ4n) is 7.81. The maximum atomic E-state index is 12.0. The lowest BCUT2D eigenvalue weighted by Crippen LogP contribution is -2.58. The standard InChI is InChI=1S/C24H34O5S/c1-14(25)30-20(13-21(27)28)24(29)11-8-19-17-5-4-15-12-16(26)6-9-22(15,2)18(17)7-10-23(19,24)3/h12,17-20,29H,4-11,13H2,1-3H3,(H,27,28)/t17-,18-,19+,20?,22+,23+,24?/m1/s1. The van der Waals surface area contributed by atoms with E-state index in [1.165, 1.54) is 12.5 Å². The van der Waals surface area contributed by atoms with E-state index < -0.39 is 16.8 Å². The molecule has 3 saturated carbocycles. The van der Waals surface area contributed by atoms with Gasteiger partial charge in [-0.15, -0.1) is 0 Å². The van der Waals surface area contributed by atoms with Gasteiger partial charge in [0.15, 0.2) is 10.9 Å². The molecule has 4 aliphatic rings. The monoisotopic (exact) mass is 434 g/mol. The van der Waals surface area contributed by atoms with Gasteiger partial charge in [0, 0.05) is 18.8 Å². The van der Waals surface area contributed by atoms with E-state index in [1.807, 2.05) is 6.08 Å². The lowest BCUT2D eigenvalue weighted by atomic mass is 9.46. The zero-order valence-electron chi connectivity index (χ0n) is 18.3. The molecule has 0 spiro atoms. The van der Waals surface area contributed by atoms with E-state index in [0.29, 0.717) is 30.6 Å². The van der Waals surface area contributed by atoms with E-state index in [-0.39, 0.29) is 28.1 Å². The van der Waals surface area contributed by atoms with Gasteiger partial charge in [-0.2, -0.15) is 0 Å². The summed E-state index contributed by atoms with van der Waals surface area (Å²) in [7, 11) is 0. The molecule has 2 unspecified atom stereocenters. The Morgan fingerprint density at radius 2 is 1.83 bits per heavy atom. The average Bonchev–Trinajstić information content (AvgIpc) is 2.93. The summed E-state index contributed by atoms with van der Waals surface area (Å²) < 4.78 is 0. The van der Waals surface area contributed by atoms with Crippen LogP contribution in [0.25, 0.3) is 0 Å².